The van der Waals surface area contributed by atoms with Crippen molar-refractivity contribution in [3.63, 3.8) is 0 Å². The zero-order chi connectivity index (χ0) is 22.9. The molecule has 168 valence electrons. The van der Waals surface area contributed by atoms with E-state index in [4.69, 9.17) is 0 Å². The summed E-state index contributed by atoms with van der Waals surface area (Å²) in [5, 5.41) is 16.6. The van der Waals surface area contributed by atoms with Gasteiger partial charge in [-0.3, -0.25) is 9.78 Å². The molecule has 0 atom stereocenters. The van der Waals surface area contributed by atoms with Gasteiger partial charge in [0, 0.05) is 11.6 Å². The lowest BCUT2D eigenvalue weighted by Crippen LogP contribution is -2.18. The van der Waals surface area contributed by atoms with Gasteiger partial charge in [-0.1, -0.05) is 0 Å². The van der Waals surface area contributed by atoms with Crippen LogP contribution in [0.5, 0.6) is 0 Å². The highest BCUT2D eigenvalue weighted by molar-refractivity contribution is 6.04. The van der Waals surface area contributed by atoms with Crippen molar-refractivity contribution < 1.29 is 23.1 Å². The molecule has 1 saturated carbocycles. The highest BCUT2D eigenvalue weighted by Gasteiger charge is 2.30. The zero-order valence-corrected chi connectivity index (χ0v) is 17.4. The molecule has 1 aliphatic carbocycles. The number of halogens is 3. The van der Waals surface area contributed by atoms with Gasteiger partial charge in [0.15, 0.2) is 0 Å². The Kier molecular flexibility index (Phi) is 6.01. The maximum Gasteiger partial charge on any atom is 0.416 e. The van der Waals surface area contributed by atoms with E-state index < -0.39 is 11.7 Å². The van der Waals surface area contributed by atoms with Crippen LogP contribution in [0.4, 0.5) is 18.9 Å². The van der Waals surface area contributed by atoms with Gasteiger partial charge in [-0.15, -0.1) is 0 Å². The monoisotopic (exact) mass is 444 g/mol. The van der Waals surface area contributed by atoms with E-state index in [2.05, 4.69) is 15.4 Å². The van der Waals surface area contributed by atoms with Crippen molar-refractivity contribution >= 4 is 11.6 Å². The Labute approximate surface area is 183 Å². The van der Waals surface area contributed by atoms with Crippen LogP contribution in [-0.2, 0) is 6.18 Å². The Bertz CT molecular complexity index is 1080. The molecule has 32 heavy (non-hydrogen) atoms. The molecule has 6 nitrogen and oxygen atoms in total. The lowest BCUT2D eigenvalue weighted by atomic mass is 9.85. The van der Waals surface area contributed by atoms with Gasteiger partial charge in [-0.05, 0) is 69.0 Å². The lowest BCUT2D eigenvalue weighted by Gasteiger charge is -2.24. The van der Waals surface area contributed by atoms with Crippen molar-refractivity contribution in [2.45, 2.75) is 50.8 Å². The fourth-order valence-corrected chi connectivity index (χ4v) is 3.98. The van der Waals surface area contributed by atoms with E-state index >= 15 is 0 Å². The van der Waals surface area contributed by atoms with Crippen LogP contribution < -0.4 is 5.32 Å². The summed E-state index contributed by atoms with van der Waals surface area (Å²) in [5.41, 5.74) is 1.99. The summed E-state index contributed by atoms with van der Waals surface area (Å²) in [4.78, 5) is 17.2. The molecule has 9 heteroatoms. The molecule has 2 aromatic heterocycles. The number of carbonyl (C=O) groups excluding carboxylic acids is 1. The smallest absolute Gasteiger partial charge is 0.393 e. The van der Waals surface area contributed by atoms with Crippen LogP contribution in [0.3, 0.4) is 0 Å². The predicted octanol–water partition coefficient (Wildman–Crippen LogP) is 4.87. The molecule has 0 aliphatic heterocycles. The molecular weight excluding hydrogens is 421 g/mol. The number of alkyl halides is 3. The third-order valence-corrected chi connectivity index (χ3v) is 5.85. The van der Waals surface area contributed by atoms with Crippen LogP contribution in [0.15, 0.2) is 48.8 Å². The minimum absolute atomic E-state index is 0.225. The number of anilines is 1. The fourth-order valence-electron chi connectivity index (χ4n) is 3.98. The number of hydrogen-bond acceptors (Lipinski definition) is 4. The molecule has 0 radical (unpaired) electrons. The number of aromatic nitrogens is 3. The number of aliphatic hydroxyl groups is 1. The number of pyridine rings is 1. The average Bonchev–Trinajstić information content (AvgIpc) is 3.16. The lowest BCUT2D eigenvalue weighted by molar-refractivity contribution is -0.137. The summed E-state index contributed by atoms with van der Waals surface area (Å²) >= 11 is 0. The van der Waals surface area contributed by atoms with Gasteiger partial charge in [0.2, 0.25) is 0 Å². The molecule has 3 aromatic rings. The van der Waals surface area contributed by atoms with Crippen LogP contribution in [-0.4, -0.2) is 31.9 Å². The number of carbonyl (C=O) groups is 1. The largest absolute Gasteiger partial charge is 0.416 e. The van der Waals surface area contributed by atoms with Crippen LogP contribution in [0, 0.1) is 6.92 Å². The van der Waals surface area contributed by atoms with Crippen molar-refractivity contribution in [3.05, 3.63) is 71.3 Å². The molecule has 0 saturated heterocycles. The van der Waals surface area contributed by atoms with Gasteiger partial charge < -0.3 is 10.4 Å². The molecule has 4 rings (SSSR count). The molecular formula is C23H23F3N4O2. The number of nitrogens with zero attached hydrogens (tertiary/aromatic N) is 3. The Balaban J connectivity index is 1.45. The standard InChI is InChI=1S/C23H23F3N4O2/c1-14-20(13-28-30(14)18-7-4-16(5-8-18)23(24,25)26)22(32)29-17-6-11-21(27-12-17)15-2-9-19(31)10-3-15/h4-8,11-13,15,19,31H,2-3,9-10H2,1H3,(H,29,32). The summed E-state index contributed by atoms with van der Waals surface area (Å²) in [6.07, 6.45) is 1.68. The Morgan fingerprint density at radius 1 is 1.06 bits per heavy atom. The number of aliphatic hydroxyl groups excluding tert-OH is 1. The van der Waals surface area contributed by atoms with E-state index in [1.54, 1.807) is 19.2 Å². The highest BCUT2D eigenvalue weighted by Crippen LogP contribution is 2.32. The average molecular weight is 444 g/mol. The molecule has 1 aliphatic rings. The summed E-state index contributed by atoms with van der Waals surface area (Å²) in [6.45, 7) is 1.68. The predicted molar refractivity (Wildman–Crippen MR) is 113 cm³/mol. The van der Waals surface area contributed by atoms with Gasteiger partial charge in [-0.25, -0.2) is 4.68 Å². The number of hydrogen-bond donors (Lipinski definition) is 2. The molecule has 1 aromatic carbocycles. The maximum absolute atomic E-state index is 12.8. The van der Waals surface area contributed by atoms with Gasteiger partial charge in [-0.2, -0.15) is 18.3 Å². The minimum atomic E-state index is -4.41. The Morgan fingerprint density at radius 2 is 1.75 bits per heavy atom. The quantitative estimate of drug-likeness (QED) is 0.602. The van der Waals surface area contributed by atoms with Crippen molar-refractivity contribution in [1.82, 2.24) is 14.8 Å². The van der Waals surface area contributed by atoms with E-state index in [-0.39, 0.29) is 12.0 Å². The van der Waals surface area contributed by atoms with E-state index in [1.165, 1.54) is 23.0 Å². The van der Waals surface area contributed by atoms with E-state index in [0.29, 0.717) is 28.6 Å². The molecule has 0 unspecified atom stereocenters. The van der Waals surface area contributed by atoms with Crippen LogP contribution in [0.25, 0.3) is 5.69 Å². The molecule has 0 spiro atoms. The second-order valence-corrected chi connectivity index (χ2v) is 8.03. The Morgan fingerprint density at radius 3 is 2.34 bits per heavy atom. The highest BCUT2D eigenvalue weighted by atomic mass is 19.4. The second kappa shape index (κ2) is 8.74. The van der Waals surface area contributed by atoms with Crippen LogP contribution >= 0.6 is 0 Å². The first-order valence-electron chi connectivity index (χ1n) is 10.4. The summed E-state index contributed by atoms with van der Waals surface area (Å²) in [6, 6.07) is 8.28. The van der Waals surface area contributed by atoms with Crippen LogP contribution in [0.2, 0.25) is 0 Å². The van der Waals surface area contributed by atoms with E-state index in [1.807, 2.05) is 6.07 Å². The van der Waals surface area contributed by atoms with Crippen molar-refractivity contribution in [1.29, 1.82) is 0 Å². The normalized spacial score (nSPS) is 19.0. The number of nitrogens with one attached hydrogen (secondary N) is 1. The Hall–Kier alpha value is -3.20. The maximum atomic E-state index is 12.8. The third-order valence-electron chi connectivity index (χ3n) is 5.85. The zero-order valence-electron chi connectivity index (χ0n) is 17.4. The number of rotatable bonds is 4. The first kappa shape index (κ1) is 22.0. The van der Waals surface area contributed by atoms with E-state index in [9.17, 15) is 23.1 Å². The molecule has 1 fully saturated rings. The second-order valence-electron chi connectivity index (χ2n) is 8.03. The molecule has 1 amide bonds. The van der Waals surface area contributed by atoms with Gasteiger partial charge >= 0.3 is 6.18 Å². The molecule has 2 N–H and O–H groups in total. The fraction of sp³-hybridized carbons (Fsp3) is 0.348. The van der Waals surface area contributed by atoms with E-state index in [0.717, 1.165) is 43.5 Å². The molecule has 0 bridgehead atoms. The number of amides is 1. The summed E-state index contributed by atoms with van der Waals surface area (Å²) in [7, 11) is 0. The molecule has 2 heterocycles. The topological polar surface area (TPSA) is 80.0 Å². The van der Waals surface area contributed by atoms with Gasteiger partial charge in [0.05, 0.1) is 46.7 Å². The van der Waals surface area contributed by atoms with Crippen molar-refractivity contribution in [3.8, 4) is 5.69 Å². The summed E-state index contributed by atoms with van der Waals surface area (Å²) in [5.74, 6) is -0.0663. The van der Waals surface area contributed by atoms with Crippen LogP contribution in [0.1, 0.15) is 58.9 Å². The third kappa shape index (κ3) is 4.67. The van der Waals surface area contributed by atoms with Crippen molar-refractivity contribution in [2.75, 3.05) is 5.32 Å². The first-order valence-corrected chi connectivity index (χ1v) is 10.4. The van der Waals surface area contributed by atoms with Gasteiger partial charge in [0.25, 0.3) is 5.91 Å². The first-order chi connectivity index (χ1) is 15.2. The summed E-state index contributed by atoms with van der Waals surface area (Å²) < 4.78 is 39.7. The van der Waals surface area contributed by atoms with Crippen molar-refractivity contribution in [2.24, 2.45) is 0 Å². The SMILES string of the molecule is Cc1c(C(=O)Nc2ccc(C3CCC(O)CC3)nc2)cnn1-c1ccc(C(F)(F)F)cc1. The van der Waals surface area contributed by atoms with Gasteiger partial charge in [0.1, 0.15) is 0 Å². The minimum Gasteiger partial charge on any atom is -0.393 e. The number of benzene rings is 1.